The first-order valence-electron chi connectivity index (χ1n) is 10.9. The number of rotatable bonds is 6. The molecule has 0 bridgehead atoms. The number of benzene rings is 2. The van der Waals surface area contributed by atoms with Crippen LogP contribution in [0.3, 0.4) is 0 Å². The van der Waals surface area contributed by atoms with Gasteiger partial charge >= 0.3 is 5.69 Å². The Bertz CT molecular complexity index is 1490. The van der Waals surface area contributed by atoms with Crippen molar-refractivity contribution in [3.8, 4) is 11.4 Å². The van der Waals surface area contributed by atoms with Gasteiger partial charge in [0.05, 0.1) is 24.2 Å². The number of aryl methyl sites for hydroxylation is 2. The third kappa shape index (κ3) is 4.22. The second-order valence-electron chi connectivity index (χ2n) is 8.16. The van der Waals surface area contributed by atoms with Gasteiger partial charge in [0.1, 0.15) is 12.3 Å². The molecule has 4 rings (SSSR count). The summed E-state index contributed by atoms with van der Waals surface area (Å²) in [6, 6.07) is 18.0. The lowest BCUT2D eigenvalue weighted by atomic mass is 10.1. The average Bonchev–Trinajstić information content (AvgIpc) is 2.82. The van der Waals surface area contributed by atoms with Gasteiger partial charge < -0.3 is 10.1 Å². The molecule has 2 aromatic carbocycles. The van der Waals surface area contributed by atoms with Gasteiger partial charge in [-0.25, -0.2) is 18.9 Å². The van der Waals surface area contributed by atoms with Crippen molar-refractivity contribution in [2.24, 2.45) is 0 Å². The first-order valence-corrected chi connectivity index (χ1v) is 10.9. The van der Waals surface area contributed by atoms with Crippen LogP contribution < -0.4 is 21.3 Å². The van der Waals surface area contributed by atoms with Crippen LogP contribution in [0.2, 0.25) is 0 Å². The zero-order valence-electron chi connectivity index (χ0n) is 19.5. The summed E-state index contributed by atoms with van der Waals surface area (Å²) in [5, 5.41) is 3.14. The summed E-state index contributed by atoms with van der Waals surface area (Å²) >= 11 is 0. The third-order valence-corrected chi connectivity index (χ3v) is 5.72. The Labute approximate surface area is 196 Å². The molecule has 0 saturated carbocycles. The fraction of sp³-hybridized carbons (Fsp3) is 0.231. The summed E-state index contributed by atoms with van der Waals surface area (Å²) in [6.45, 7) is 5.01. The van der Waals surface area contributed by atoms with Crippen molar-refractivity contribution in [3.05, 3.63) is 98.3 Å². The second kappa shape index (κ2) is 9.35. The van der Waals surface area contributed by atoms with Gasteiger partial charge in [-0.1, -0.05) is 42.5 Å². The van der Waals surface area contributed by atoms with Gasteiger partial charge in [0.15, 0.2) is 5.65 Å². The minimum Gasteiger partial charge on any atom is -0.495 e. The zero-order chi connectivity index (χ0) is 24.4. The third-order valence-electron chi connectivity index (χ3n) is 5.72. The first-order chi connectivity index (χ1) is 16.3. The predicted octanol–water partition coefficient (Wildman–Crippen LogP) is 3.05. The largest absolute Gasteiger partial charge is 0.495 e. The molecule has 0 unspecified atom stereocenters. The standard InChI is InChI=1S/C26H26N4O4/c1-16-14-17(2)27-24-23(16)25(32)29(15-22(31)28-18(3)19-10-6-5-7-11-19)26(33)30(24)20-12-8-9-13-21(20)34-4/h5-14,18H,15H2,1-4H3,(H,28,31)/t18-/m0/s1. The van der Waals surface area contributed by atoms with E-state index in [0.29, 0.717) is 22.7 Å². The number of hydrogen-bond donors (Lipinski definition) is 1. The van der Waals surface area contributed by atoms with E-state index in [1.54, 1.807) is 44.2 Å². The molecule has 174 valence electrons. The van der Waals surface area contributed by atoms with Crippen LogP contribution in [-0.2, 0) is 11.3 Å². The van der Waals surface area contributed by atoms with Crippen LogP contribution in [0, 0.1) is 13.8 Å². The Kier molecular flexibility index (Phi) is 6.32. The van der Waals surface area contributed by atoms with E-state index in [1.807, 2.05) is 37.3 Å². The Morgan fingerprint density at radius 1 is 1.06 bits per heavy atom. The maximum atomic E-state index is 13.6. The van der Waals surface area contributed by atoms with E-state index in [1.165, 1.54) is 11.7 Å². The molecule has 2 heterocycles. The van der Waals surface area contributed by atoms with Gasteiger partial charge in [-0.15, -0.1) is 0 Å². The van der Waals surface area contributed by atoms with E-state index < -0.39 is 23.7 Å². The second-order valence-corrected chi connectivity index (χ2v) is 8.16. The van der Waals surface area contributed by atoms with Crippen molar-refractivity contribution in [1.82, 2.24) is 19.4 Å². The quantitative estimate of drug-likeness (QED) is 0.479. The minimum absolute atomic E-state index is 0.228. The summed E-state index contributed by atoms with van der Waals surface area (Å²) in [7, 11) is 1.50. The van der Waals surface area contributed by atoms with Crippen LogP contribution >= 0.6 is 0 Å². The number of carbonyl (C=O) groups is 1. The number of methoxy groups -OCH3 is 1. The highest BCUT2D eigenvalue weighted by molar-refractivity contribution is 5.81. The first kappa shape index (κ1) is 23.0. The van der Waals surface area contributed by atoms with Crippen LogP contribution in [-0.4, -0.2) is 27.1 Å². The molecule has 0 radical (unpaired) electrons. The van der Waals surface area contributed by atoms with Crippen LogP contribution in [0.25, 0.3) is 16.7 Å². The van der Waals surface area contributed by atoms with Crippen LogP contribution in [0.4, 0.5) is 0 Å². The van der Waals surface area contributed by atoms with Gasteiger partial charge in [-0.3, -0.25) is 9.59 Å². The maximum absolute atomic E-state index is 13.6. The van der Waals surface area contributed by atoms with Crippen LogP contribution in [0.15, 0.2) is 70.3 Å². The molecule has 2 aromatic heterocycles. The van der Waals surface area contributed by atoms with Crippen molar-refractivity contribution in [2.75, 3.05) is 7.11 Å². The monoisotopic (exact) mass is 458 g/mol. The van der Waals surface area contributed by atoms with Gasteiger partial charge in [-0.05, 0) is 50.1 Å². The number of pyridine rings is 1. The number of carbonyl (C=O) groups excluding carboxylic acids is 1. The Morgan fingerprint density at radius 2 is 1.74 bits per heavy atom. The van der Waals surface area contributed by atoms with E-state index >= 15 is 0 Å². The molecule has 0 saturated heterocycles. The van der Waals surface area contributed by atoms with Gasteiger partial charge in [0.2, 0.25) is 5.91 Å². The number of nitrogens with zero attached hydrogens (tertiary/aromatic N) is 3. The SMILES string of the molecule is COc1ccccc1-n1c(=O)n(CC(=O)N[C@@H](C)c2ccccc2)c(=O)c2c(C)cc(C)nc21. The number of aromatic nitrogens is 3. The summed E-state index contributed by atoms with van der Waals surface area (Å²) < 4.78 is 7.75. The fourth-order valence-electron chi connectivity index (χ4n) is 4.10. The Hall–Kier alpha value is -4.20. The summed E-state index contributed by atoms with van der Waals surface area (Å²) in [5.74, 6) is -0.00147. The molecule has 0 aliphatic carbocycles. The van der Waals surface area contributed by atoms with Gasteiger partial charge in [-0.2, -0.15) is 0 Å². The normalized spacial score (nSPS) is 11.9. The molecular formula is C26H26N4O4. The summed E-state index contributed by atoms with van der Waals surface area (Å²) in [4.78, 5) is 44.4. The van der Waals surface area contributed by atoms with Gasteiger partial charge in [0.25, 0.3) is 5.56 Å². The number of fused-ring (bicyclic) bond motifs is 1. The van der Waals surface area contributed by atoms with E-state index in [-0.39, 0.29) is 17.1 Å². The lowest BCUT2D eigenvalue weighted by Gasteiger charge is -2.18. The van der Waals surface area contributed by atoms with E-state index in [9.17, 15) is 14.4 Å². The van der Waals surface area contributed by atoms with E-state index in [0.717, 1.165) is 10.1 Å². The van der Waals surface area contributed by atoms with Crippen LogP contribution in [0.5, 0.6) is 5.75 Å². The van der Waals surface area contributed by atoms with Crippen molar-refractivity contribution in [1.29, 1.82) is 0 Å². The molecule has 34 heavy (non-hydrogen) atoms. The van der Waals surface area contributed by atoms with Crippen LogP contribution in [0.1, 0.15) is 29.8 Å². The van der Waals surface area contributed by atoms with E-state index in [2.05, 4.69) is 10.3 Å². The summed E-state index contributed by atoms with van der Waals surface area (Å²) in [6.07, 6.45) is 0. The number of para-hydroxylation sites is 2. The van der Waals surface area contributed by atoms with Crippen molar-refractivity contribution in [2.45, 2.75) is 33.4 Å². The molecule has 1 atom stereocenters. The molecular weight excluding hydrogens is 432 g/mol. The Morgan fingerprint density at radius 3 is 2.44 bits per heavy atom. The molecule has 4 aromatic rings. The number of nitrogens with one attached hydrogen (secondary N) is 1. The highest BCUT2D eigenvalue weighted by Gasteiger charge is 2.21. The lowest BCUT2D eigenvalue weighted by molar-refractivity contribution is -0.122. The minimum atomic E-state index is -0.665. The van der Waals surface area contributed by atoms with Gasteiger partial charge in [0, 0.05) is 5.69 Å². The molecule has 8 nitrogen and oxygen atoms in total. The smallest absolute Gasteiger partial charge is 0.337 e. The number of amides is 1. The molecule has 0 spiro atoms. The van der Waals surface area contributed by atoms with Crippen molar-refractivity contribution < 1.29 is 9.53 Å². The molecule has 1 amide bonds. The lowest BCUT2D eigenvalue weighted by Crippen LogP contribution is -2.44. The Balaban J connectivity index is 1.87. The number of ether oxygens (including phenoxy) is 1. The van der Waals surface area contributed by atoms with Crippen molar-refractivity contribution in [3.63, 3.8) is 0 Å². The maximum Gasteiger partial charge on any atom is 0.337 e. The topological polar surface area (TPSA) is 95.2 Å². The highest BCUT2D eigenvalue weighted by atomic mass is 16.5. The molecule has 0 aliphatic rings. The molecule has 0 fully saturated rings. The molecule has 0 aliphatic heterocycles. The summed E-state index contributed by atoms with van der Waals surface area (Å²) in [5.41, 5.74) is 1.70. The average molecular weight is 459 g/mol. The number of hydrogen-bond acceptors (Lipinski definition) is 5. The highest BCUT2D eigenvalue weighted by Crippen LogP contribution is 2.24. The van der Waals surface area contributed by atoms with E-state index in [4.69, 9.17) is 4.74 Å². The fourth-order valence-corrected chi connectivity index (χ4v) is 4.10. The molecule has 1 N–H and O–H groups in total. The van der Waals surface area contributed by atoms with Crippen molar-refractivity contribution >= 4 is 16.9 Å². The zero-order valence-corrected chi connectivity index (χ0v) is 19.5. The molecule has 8 heteroatoms. The predicted molar refractivity (Wildman–Crippen MR) is 131 cm³/mol.